The molecule has 0 bridgehead atoms. The molecule has 0 radical (unpaired) electrons. The molecule has 7 heteroatoms. The maximum Gasteiger partial charge on any atom is 0.390 e. The number of hydrogen-bond donors (Lipinski definition) is 1. The minimum Gasteiger partial charge on any atom is -0.494 e. The number of para-hydroxylation sites is 1. The number of alkyl halides is 3. The number of nitrogens with two attached hydrogens (primary N) is 1. The predicted octanol–water partition coefficient (Wildman–Crippen LogP) is 2.58. The van der Waals surface area contributed by atoms with Crippen molar-refractivity contribution in [2.24, 2.45) is 0 Å². The number of fused-ring (bicyclic) bond motifs is 1. The fourth-order valence-corrected chi connectivity index (χ4v) is 1.78. The van der Waals surface area contributed by atoms with E-state index in [0.29, 0.717) is 16.8 Å². The van der Waals surface area contributed by atoms with Crippen molar-refractivity contribution in [3.8, 4) is 5.75 Å². The first-order chi connectivity index (χ1) is 8.42. The standard InChI is InChI=1S/C11H12F3N3O/c1-18-8-4-2-3-7-9(8)16-10(15)17(7)6-5-11(12,13)14/h2-4H,5-6H2,1H3,(H2,15,16). The first kappa shape index (κ1) is 12.5. The van der Waals surface area contributed by atoms with E-state index in [9.17, 15) is 13.2 Å². The van der Waals surface area contributed by atoms with Gasteiger partial charge in [0.25, 0.3) is 0 Å². The number of benzene rings is 1. The molecule has 4 nitrogen and oxygen atoms in total. The van der Waals surface area contributed by atoms with Crippen LogP contribution in [0.3, 0.4) is 0 Å². The maximum atomic E-state index is 12.2. The molecule has 1 heterocycles. The van der Waals surface area contributed by atoms with Gasteiger partial charge in [-0.3, -0.25) is 0 Å². The number of hydrogen-bond acceptors (Lipinski definition) is 3. The lowest BCUT2D eigenvalue weighted by molar-refractivity contribution is -0.136. The summed E-state index contributed by atoms with van der Waals surface area (Å²) in [5.41, 5.74) is 6.65. The lowest BCUT2D eigenvalue weighted by Crippen LogP contribution is -2.13. The third kappa shape index (κ3) is 2.34. The monoisotopic (exact) mass is 259 g/mol. The van der Waals surface area contributed by atoms with Crippen LogP contribution in [0.1, 0.15) is 6.42 Å². The van der Waals surface area contributed by atoms with Crippen LogP contribution < -0.4 is 10.5 Å². The molecule has 1 aromatic carbocycles. The molecule has 0 saturated carbocycles. The Morgan fingerprint density at radius 2 is 2.11 bits per heavy atom. The van der Waals surface area contributed by atoms with Crippen LogP contribution in [0, 0.1) is 0 Å². The minimum absolute atomic E-state index is 0.0544. The van der Waals surface area contributed by atoms with Crippen molar-refractivity contribution in [3.05, 3.63) is 18.2 Å². The summed E-state index contributed by atoms with van der Waals surface area (Å²) in [4.78, 5) is 4.03. The number of rotatable bonds is 3. The fourth-order valence-electron chi connectivity index (χ4n) is 1.78. The van der Waals surface area contributed by atoms with Gasteiger partial charge in [0.1, 0.15) is 11.3 Å². The van der Waals surface area contributed by atoms with Crippen molar-refractivity contribution in [2.45, 2.75) is 19.1 Å². The largest absolute Gasteiger partial charge is 0.494 e. The van der Waals surface area contributed by atoms with Crippen LogP contribution in [0.5, 0.6) is 5.75 Å². The molecule has 1 aromatic heterocycles. The second kappa shape index (κ2) is 4.40. The summed E-state index contributed by atoms with van der Waals surface area (Å²) in [5.74, 6) is 0.545. The van der Waals surface area contributed by atoms with Gasteiger partial charge in [-0.2, -0.15) is 13.2 Å². The number of imidazole rings is 1. The van der Waals surface area contributed by atoms with Crippen molar-refractivity contribution >= 4 is 17.0 Å². The molecule has 2 rings (SSSR count). The summed E-state index contributed by atoms with van der Waals surface area (Å²) in [5, 5.41) is 0. The van der Waals surface area contributed by atoms with Gasteiger partial charge in [-0.25, -0.2) is 4.98 Å². The van der Waals surface area contributed by atoms with Crippen LogP contribution in [-0.4, -0.2) is 22.8 Å². The number of aromatic nitrogens is 2. The van der Waals surface area contributed by atoms with Gasteiger partial charge >= 0.3 is 6.18 Å². The molecule has 2 N–H and O–H groups in total. The molecule has 0 spiro atoms. The first-order valence-corrected chi connectivity index (χ1v) is 5.28. The summed E-state index contributed by atoms with van der Waals surface area (Å²) >= 11 is 0. The molecule has 0 saturated heterocycles. The number of ether oxygens (including phenoxy) is 1. The highest BCUT2D eigenvalue weighted by Crippen LogP contribution is 2.28. The van der Waals surface area contributed by atoms with Gasteiger partial charge < -0.3 is 15.0 Å². The maximum absolute atomic E-state index is 12.2. The Morgan fingerprint density at radius 3 is 2.72 bits per heavy atom. The van der Waals surface area contributed by atoms with Crippen molar-refractivity contribution < 1.29 is 17.9 Å². The van der Waals surface area contributed by atoms with Gasteiger partial charge in [0.05, 0.1) is 19.0 Å². The smallest absolute Gasteiger partial charge is 0.390 e. The van der Waals surface area contributed by atoms with Gasteiger partial charge in [0.15, 0.2) is 0 Å². The molecular formula is C11H12F3N3O. The summed E-state index contributed by atoms with van der Waals surface area (Å²) in [7, 11) is 1.47. The van der Waals surface area contributed by atoms with E-state index in [1.807, 2.05) is 0 Å². The van der Waals surface area contributed by atoms with Gasteiger partial charge in [0, 0.05) is 6.54 Å². The Morgan fingerprint density at radius 1 is 1.39 bits per heavy atom. The Balaban J connectivity index is 2.42. The Hall–Kier alpha value is -1.92. The Bertz CT molecular complexity index is 562. The number of methoxy groups -OCH3 is 1. The van der Waals surface area contributed by atoms with Crippen LogP contribution in [0.4, 0.5) is 19.1 Å². The van der Waals surface area contributed by atoms with Gasteiger partial charge in [-0.15, -0.1) is 0 Å². The van der Waals surface area contributed by atoms with E-state index in [1.165, 1.54) is 11.7 Å². The van der Waals surface area contributed by atoms with Crippen molar-refractivity contribution in [2.75, 3.05) is 12.8 Å². The second-order valence-electron chi connectivity index (χ2n) is 3.81. The van der Waals surface area contributed by atoms with E-state index >= 15 is 0 Å². The summed E-state index contributed by atoms with van der Waals surface area (Å²) < 4.78 is 43.1. The van der Waals surface area contributed by atoms with Crippen molar-refractivity contribution in [1.29, 1.82) is 0 Å². The number of nitrogens with zero attached hydrogens (tertiary/aromatic N) is 2. The molecule has 18 heavy (non-hydrogen) atoms. The summed E-state index contributed by atoms with van der Waals surface area (Å²) in [6.45, 7) is -0.251. The van der Waals surface area contributed by atoms with Crippen molar-refractivity contribution in [3.63, 3.8) is 0 Å². The molecule has 0 aliphatic carbocycles. The molecule has 0 atom stereocenters. The molecule has 0 fully saturated rings. The third-order valence-corrected chi connectivity index (χ3v) is 2.61. The number of anilines is 1. The SMILES string of the molecule is COc1cccc2c1nc(N)n2CCC(F)(F)F. The third-order valence-electron chi connectivity index (χ3n) is 2.61. The van der Waals surface area contributed by atoms with Crippen LogP contribution >= 0.6 is 0 Å². The lowest BCUT2D eigenvalue weighted by atomic mass is 10.3. The van der Waals surface area contributed by atoms with Gasteiger partial charge in [-0.05, 0) is 12.1 Å². The van der Waals surface area contributed by atoms with E-state index in [4.69, 9.17) is 10.5 Å². The Kier molecular flexibility index (Phi) is 3.06. The van der Waals surface area contributed by atoms with E-state index in [-0.39, 0.29) is 12.5 Å². The average Bonchev–Trinajstić information content (AvgIpc) is 2.61. The fraction of sp³-hybridized carbons (Fsp3) is 0.364. The molecular weight excluding hydrogens is 247 g/mol. The predicted molar refractivity (Wildman–Crippen MR) is 61.4 cm³/mol. The second-order valence-corrected chi connectivity index (χ2v) is 3.81. The number of halogens is 3. The van der Waals surface area contributed by atoms with E-state index < -0.39 is 12.6 Å². The highest BCUT2D eigenvalue weighted by Gasteiger charge is 2.27. The van der Waals surface area contributed by atoms with E-state index in [1.54, 1.807) is 18.2 Å². The summed E-state index contributed by atoms with van der Waals surface area (Å²) in [6.07, 6.45) is -5.16. The molecule has 98 valence electrons. The molecule has 2 aromatic rings. The quantitative estimate of drug-likeness (QED) is 0.921. The zero-order valence-corrected chi connectivity index (χ0v) is 9.66. The van der Waals surface area contributed by atoms with Crippen LogP contribution in [0.2, 0.25) is 0 Å². The topological polar surface area (TPSA) is 53.1 Å². The van der Waals surface area contributed by atoms with E-state index in [2.05, 4.69) is 4.98 Å². The molecule has 0 aliphatic heterocycles. The minimum atomic E-state index is -4.22. The van der Waals surface area contributed by atoms with Crippen LogP contribution in [0.25, 0.3) is 11.0 Å². The highest BCUT2D eigenvalue weighted by molar-refractivity contribution is 5.84. The van der Waals surface area contributed by atoms with Crippen molar-refractivity contribution in [1.82, 2.24) is 9.55 Å². The van der Waals surface area contributed by atoms with Crippen LogP contribution in [0.15, 0.2) is 18.2 Å². The molecule has 0 aliphatic rings. The Labute approximate surface area is 101 Å². The molecule has 0 unspecified atom stereocenters. The zero-order valence-electron chi connectivity index (χ0n) is 9.66. The number of aryl methyl sites for hydroxylation is 1. The zero-order chi connectivity index (χ0) is 13.3. The van der Waals surface area contributed by atoms with Crippen LogP contribution in [-0.2, 0) is 6.54 Å². The average molecular weight is 259 g/mol. The lowest BCUT2D eigenvalue weighted by Gasteiger charge is -2.09. The van der Waals surface area contributed by atoms with Gasteiger partial charge in [0.2, 0.25) is 5.95 Å². The normalized spacial score (nSPS) is 12.0. The summed E-state index contributed by atoms with van der Waals surface area (Å²) in [6, 6.07) is 5.03. The highest BCUT2D eigenvalue weighted by atomic mass is 19.4. The van der Waals surface area contributed by atoms with E-state index in [0.717, 1.165) is 0 Å². The number of nitrogen functional groups attached to an aromatic ring is 1. The first-order valence-electron chi connectivity index (χ1n) is 5.28. The van der Waals surface area contributed by atoms with Gasteiger partial charge in [-0.1, -0.05) is 6.07 Å². The molecule has 0 amide bonds.